The largest absolute Gasteiger partial charge is 0.264 e. The van der Waals surface area contributed by atoms with Crippen molar-refractivity contribution in [2.24, 2.45) is 0 Å². The maximum absolute atomic E-state index is 10.7. The van der Waals surface area contributed by atoms with Crippen LogP contribution in [0.4, 0.5) is 0 Å². The van der Waals surface area contributed by atoms with Crippen LogP contribution in [0, 0.1) is 10.1 Å². The summed E-state index contributed by atoms with van der Waals surface area (Å²) in [6, 6.07) is 10.3. The van der Waals surface area contributed by atoms with Gasteiger partial charge < -0.3 is 0 Å². The number of hydrogen-bond acceptors (Lipinski definition) is 2. The Morgan fingerprint density at radius 1 is 0.952 bits per heavy atom. The predicted molar refractivity (Wildman–Crippen MR) is 88.2 cm³/mol. The summed E-state index contributed by atoms with van der Waals surface area (Å²) in [6.07, 6.45) is 11.1. The van der Waals surface area contributed by atoms with E-state index >= 15 is 0 Å². The summed E-state index contributed by atoms with van der Waals surface area (Å²) in [6.45, 7) is 1.90. The molecule has 1 aromatic rings. The molecule has 0 aromatic heterocycles. The van der Waals surface area contributed by atoms with E-state index in [9.17, 15) is 10.1 Å². The zero-order chi connectivity index (χ0) is 15.3. The monoisotopic (exact) mass is 291 g/mol. The smallest absolute Gasteiger partial charge is 0.212 e. The number of nitro groups is 1. The molecule has 118 valence electrons. The SMILES string of the molecule is CCC(CCCCCCCCCc1ccccc1)[N+](=O)[O-]. The Hall–Kier alpha value is -1.38. The zero-order valence-corrected chi connectivity index (χ0v) is 13.3. The summed E-state index contributed by atoms with van der Waals surface area (Å²) in [4.78, 5) is 10.6. The number of nitrogens with zero attached hydrogens (tertiary/aromatic N) is 1. The van der Waals surface area contributed by atoms with Gasteiger partial charge in [-0.15, -0.1) is 0 Å². The minimum Gasteiger partial charge on any atom is -0.264 e. The Kier molecular flexibility index (Phi) is 9.51. The van der Waals surface area contributed by atoms with Gasteiger partial charge in [0.1, 0.15) is 0 Å². The highest BCUT2D eigenvalue weighted by Gasteiger charge is 2.15. The van der Waals surface area contributed by atoms with E-state index in [0.717, 1.165) is 19.3 Å². The van der Waals surface area contributed by atoms with E-state index in [1.165, 1.54) is 44.1 Å². The molecule has 0 aliphatic rings. The molecule has 1 unspecified atom stereocenters. The number of rotatable bonds is 12. The topological polar surface area (TPSA) is 43.1 Å². The Morgan fingerprint density at radius 3 is 2.10 bits per heavy atom. The van der Waals surface area contributed by atoms with Crippen molar-refractivity contribution in [3.63, 3.8) is 0 Å². The van der Waals surface area contributed by atoms with Crippen LogP contribution in [-0.2, 0) is 6.42 Å². The van der Waals surface area contributed by atoms with E-state index in [1.807, 2.05) is 6.92 Å². The van der Waals surface area contributed by atoms with Crippen LogP contribution in [0.25, 0.3) is 0 Å². The molecule has 0 heterocycles. The molecule has 0 saturated carbocycles. The third-order valence-corrected chi connectivity index (χ3v) is 4.12. The lowest BCUT2D eigenvalue weighted by atomic mass is 10.0. The minimum absolute atomic E-state index is 0.121. The second-order valence-corrected chi connectivity index (χ2v) is 5.85. The Morgan fingerprint density at radius 2 is 1.52 bits per heavy atom. The Bertz CT molecular complexity index is 378. The van der Waals surface area contributed by atoms with Crippen molar-refractivity contribution in [1.82, 2.24) is 0 Å². The van der Waals surface area contributed by atoms with Crippen molar-refractivity contribution >= 4 is 0 Å². The molecule has 21 heavy (non-hydrogen) atoms. The van der Waals surface area contributed by atoms with Crippen LogP contribution in [0.1, 0.15) is 70.3 Å². The molecule has 1 atom stereocenters. The van der Waals surface area contributed by atoms with Crippen molar-refractivity contribution in [2.75, 3.05) is 0 Å². The molecule has 1 aromatic carbocycles. The number of unbranched alkanes of at least 4 members (excludes halogenated alkanes) is 6. The second-order valence-electron chi connectivity index (χ2n) is 5.85. The Labute approximate surface area is 128 Å². The Balaban J connectivity index is 1.90. The quantitative estimate of drug-likeness (QED) is 0.294. The molecule has 0 bridgehead atoms. The fraction of sp³-hybridized carbons (Fsp3) is 0.667. The highest BCUT2D eigenvalue weighted by Crippen LogP contribution is 2.13. The fourth-order valence-corrected chi connectivity index (χ4v) is 2.70. The van der Waals surface area contributed by atoms with Gasteiger partial charge in [-0.25, -0.2) is 0 Å². The second kappa shape index (κ2) is 11.3. The van der Waals surface area contributed by atoms with Crippen LogP contribution in [0.3, 0.4) is 0 Å². The van der Waals surface area contributed by atoms with Crippen LogP contribution < -0.4 is 0 Å². The first-order valence-corrected chi connectivity index (χ1v) is 8.41. The van der Waals surface area contributed by atoms with Gasteiger partial charge in [-0.2, -0.15) is 0 Å². The first-order chi connectivity index (χ1) is 10.2. The lowest BCUT2D eigenvalue weighted by Gasteiger charge is -2.06. The van der Waals surface area contributed by atoms with Crippen LogP contribution >= 0.6 is 0 Å². The summed E-state index contributed by atoms with van der Waals surface area (Å²) < 4.78 is 0. The third kappa shape index (κ3) is 8.49. The predicted octanol–water partition coefficient (Wildman–Crippen LogP) is 5.41. The van der Waals surface area contributed by atoms with Crippen LogP contribution in [0.2, 0.25) is 0 Å². The lowest BCUT2D eigenvalue weighted by molar-refractivity contribution is -0.523. The van der Waals surface area contributed by atoms with Gasteiger partial charge in [0.05, 0.1) is 0 Å². The summed E-state index contributed by atoms with van der Waals surface area (Å²) in [5.41, 5.74) is 1.43. The summed E-state index contributed by atoms with van der Waals surface area (Å²) in [7, 11) is 0. The standard InChI is InChI=1S/C18H29NO2/c1-2-18(19(20)21)16-12-7-5-3-4-6-9-13-17-14-10-8-11-15-17/h8,10-11,14-15,18H,2-7,9,12-13,16H2,1H3. The minimum atomic E-state index is -0.323. The highest BCUT2D eigenvalue weighted by atomic mass is 16.6. The van der Waals surface area contributed by atoms with E-state index in [-0.39, 0.29) is 11.0 Å². The molecular formula is C18H29NO2. The van der Waals surface area contributed by atoms with Gasteiger partial charge in [0, 0.05) is 17.8 Å². The molecule has 0 amide bonds. The zero-order valence-electron chi connectivity index (χ0n) is 13.3. The first kappa shape index (κ1) is 17.7. The summed E-state index contributed by atoms with van der Waals surface area (Å²) in [5, 5.41) is 10.7. The molecule has 1 rings (SSSR count). The molecule has 0 fully saturated rings. The van der Waals surface area contributed by atoms with Gasteiger partial charge in [-0.1, -0.05) is 69.4 Å². The van der Waals surface area contributed by atoms with Gasteiger partial charge in [0.15, 0.2) is 0 Å². The molecule has 0 aliphatic heterocycles. The maximum Gasteiger partial charge on any atom is 0.212 e. The fourth-order valence-electron chi connectivity index (χ4n) is 2.70. The molecule has 3 nitrogen and oxygen atoms in total. The van der Waals surface area contributed by atoms with Gasteiger partial charge in [-0.05, 0) is 24.8 Å². The van der Waals surface area contributed by atoms with E-state index in [4.69, 9.17) is 0 Å². The van der Waals surface area contributed by atoms with Crippen molar-refractivity contribution < 1.29 is 4.92 Å². The van der Waals surface area contributed by atoms with E-state index < -0.39 is 0 Å². The number of benzene rings is 1. The van der Waals surface area contributed by atoms with Gasteiger partial charge in [-0.3, -0.25) is 10.1 Å². The molecule has 3 heteroatoms. The van der Waals surface area contributed by atoms with Gasteiger partial charge in [0.25, 0.3) is 0 Å². The molecule has 0 radical (unpaired) electrons. The van der Waals surface area contributed by atoms with Crippen molar-refractivity contribution in [2.45, 2.75) is 77.2 Å². The number of hydrogen-bond donors (Lipinski definition) is 0. The lowest BCUT2D eigenvalue weighted by Crippen LogP contribution is -2.17. The van der Waals surface area contributed by atoms with E-state index in [2.05, 4.69) is 30.3 Å². The highest BCUT2D eigenvalue weighted by molar-refractivity contribution is 5.14. The average molecular weight is 291 g/mol. The van der Waals surface area contributed by atoms with Crippen molar-refractivity contribution in [3.8, 4) is 0 Å². The summed E-state index contributed by atoms with van der Waals surface area (Å²) >= 11 is 0. The molecule has 0 N–H and O–H groups in total. The van der Waals surface area contributed by atoms with Crippen molar-refractivity contribution in [3.05, 3.63) is 46.0 Å². The molecule has 0 spiro atoms. The van der Waals surface area contributed by atoms with Gasteiger partial charge in [0.2, 0.25) is 6.04 Å². The van der Waals surface area contributed by atoms with E-state index in [0.29, 0.717) is 6.42 Å². The molecular weight excluding hydrogens is 262 g/mol. The number of aryl methyl sites for hydroxylation is 1. The van der Waals surface area contributed by atoms with E-state index in [1.54, 1.807) is 0 Å². The van der Waals surface area contributed by atoms with Crippen LogP contribution in [-0.4, -0.2) is 11.0 Å². The van der Waals surface area contributed by atoms with Gasteiger partial charge >= 0.3 is 0 Å². The molecule has 0 aliphatic carbocycles. The molecule has 0 saturated heterocycles. The van der Waals surface area contributed by atoms with Crippen LogP contribution in [0.5, 0.6) is 0 Å². The third-order valence-electron chi connectivity index (χ3n) is 4.12. The first-order valence-electron chi connectivity index (χ1n) is 8.41. The average Bonchev–Trinajstić information content (AvgIpc) is 2.50. The van der Waals surface area contributed by atoms with Crippen molar-refractivity contribution in [1.29, 1.82) is 0 Å². The summed E-state index contributed by atoms with van der Waals surface area (Å²) in [5.74, 6) is 0. The normalized spacial score (nSPS) is 12.2. The maximum atomic E-state index is 10.7. The van der Waals surface area contributed by atoms with Crippen LogP contribution in [0.15, 0.2) is 30.3 Å².